The second kappa shape index (κ2) is 9.75. The van der Waals surface area contributed by atoms with Gasteiger partial charge in [0.15, 0.2) is 0 Å². The standard InChI is InChI=1S/C26H23N3O3/c1-32-25-10-5-19(6-11-25)26(31)29-22-7-2-18(3-8-22)14-24(17-30)28-23-9-4-21-16-27-13-12-20(21)15-23/h2-13,15-17,24,28H,14H2,1H3,(H,29,31). The van der Waals surface area contributed by atoms with Crippen molar-refractivity contribution in [2.75, 3.05) is 17.7 Å². The number of aldehydes is 1. The van der Waals surface area contributed by atoms with Crippen LogP contribution in [0.2, 0.25) is 0 Å². The lowest BCUT2D eigenvalue weighted by Gasteiger charge is -2.15. The van der Waals surface area contributed by atoms with Crippen molar-refractivity contribution in [3.63, 3.8) is 0 Å². The molecular formula is C26H23N3O3. The van der Waals surface area contributed by atoms with Crippen LogP contribution in [0.25, 0.3) is 10.8 Å². The van der Waals surface area contributed by atoms with Gasteiger partial charge in [-0.05, 0) is 72.0 Å². The molecule has 0 bridgehead atoms. The number of benzene rings is 3. The Labute approximate surface area is 186 Å². The Balaban J connectivity index is 1.37. The fraction of sp³-hybridized carbons (Fsp3) is 0.115. The summed E-state index contributed by atoms with van der Waals surface area (Å²) in [6.07, 6.45) is 5.00. The molecular weight excluding hydrogens is 402 g/mol. The summed E-state index contributed by atoms with van der Waals surface area (Å²) in [5, 5.41) is 8.27. The number of methoxy groups -OCH3 is 1. The third-order valence-corrected chi connectivity index (χ3v) is 5.18. The minimum absolute atomic E-state index is 0.195. The minimum Gasteiger partial charge on any atom is -0.497 e. The van der Waals surface area contributed by atoms with E-state index in [-0.39, 0.29) is 11.9 Å². The summed E-state index contributed by atoms with van der Waals surface area (Å²) in [4.78, 5) is 28.2. The number of hydrogen-bond acceptors (Lipinski definition) is 5. The molecule has 0 spiro atoms. The number of hydrogen-bond donors (Lipinski definition) is 2. The van der Waals surface area contributed by atoms with Crippen molar-refractivity contribution in [3.05, 3.63) is 96.3 Å². The maximum Gasteiger partial charge on any atom is 0.255 e. The third-order valence-electron chi connectivity index (χ3n) is 5.18. The van der Waals surface area contributed by atoms with Crippen LogP contribution in [0.4, 0.5) is 11.4 Å². The molecule has 6 nitrogen and oxygen atoms in total. The first kappa shape index (κ1) is 21.1. The van der Waals surface area contributed by atoms with Gasteiger partial charge in [0.25, 0.3) is 5.91 Å². The second-order valence-electron chi connectivity index (χ2n) is 7.41. The number of amides is 1. The first-order valence-corrected chi connectivity index (χ1v) is 10.2. The number of fused-ring (bicyclic) bond motifs is 1. The molecule has 2 N–H and O–H groups in total. The molecule has 0 saturated carbocycles. The van der Waals surface area contributed by atoms with Crippen LogP contribution in [0.3, 0.4) is 0 Å². The van der Waals surface area contributed by atoms with E-state index in [1.807, 2.05) is 54.7 Å². The van der Waals surface area contributed by atoms with E-state index in [1.54, 1.807) is 37.6 Å². The summed E-state index contributed by atoms with van der Waals surface area (Å²) in [7, 11) is 1.58. The topological polar surface area (TPSA) is 80.3 Å². The summed E-state index contributed by atoms with van der Waals surface area (Å²) < 4.78 is 5.11. The van der Waals surface area contributed by atoms with Gasteiger partial charge < -0.3 is 20.2 Å². The Morgan fingerprint density at radius 1 is 0.969 bits per heavy atom. The summed E-state index contributed by atoms with van der Waals surface area (Å²) in [5.41, 5.74) is 3.10. The Kier molecular flexibility index (Phi) is 6.41. The van der Waals surface area contributed by atoms with Crippen molar-refractivity contribution in [1.29, 1.82) is 0 Å². The highest BCUT2D eigenvalue weighted by Gasteiger charge is 2.10. The van der Waals surface area contributed by atoms with Crippen molar-refractivity contribution < 1.29 is 14.3 Å². The predicted octanol–water partition coefficient (Wildman–Crippen LogP) is 4.72. The number of ether oxygens (including phenoxy) is 1. The third kappa shape index (κ3) is 5.10. The number of rotatable bonds is 8. The van der Waals surface area contributed by atoms with Gasteiger partial charge in [0.05, 0.1) is 13.2 Å². The number of nitrogens with zero attached hydrogens (tertiary/aromatic N) is 1. The van der Waals surface area contributed by atoms with Crippen LogP contribution in [0.1, 0.15) is 15.9 Å². The first-order valence-electron chi connectivity index (χ1n) is 10.2. The summed E-state index contributed by atoms with van der Waals surface area (Å²) in [6.45, 7) is 0. The van der Waals surface area contributed by atoms with Gasteiger partial charge in [-0.15, -0.1) is 0 Å². The molecule has 1 heterocycles. The molecule has 0 saturated heterocycles. The lowest BCUT2D eigenvalue weighted by Crippen LogP contribution is -2.23. The van der Waals surface area contributed by atoms with Gasteiger partial charge in [0.2, 0.25) is 0 Å². The lowest BCUT2D eigenvalue weighted by atomic mass is 10.1. The molecule has 3 aromatic carbocycles. The summed E-state index contributed by atoms with van der Waals surface area (Å²) in [5.74, 6) is 0.504. The zero-order valence-electron chi connectivity index (χ0n) is 17.6. The van der Waals surface area contributed by atoms with Crippen LogP contribution in [-0.4, -0.2) is 30.3 Å². The van der Waals surface area contributed by atoms with Crippen LogP contribution in [0.5, 0.6) is 5.75 Å². The van der Waals surface area contributed by atoms with Crippen LogP contribution in [0.15, 0.2) is 85.2 Å². The van der Waals surface area contributed by atoms with E-state index >= 15 is 0 Å². The Morgan fingerprint density at radius 3 is 2.44 bits per heavy atom. The number of anilines is 2. The normalized spacial score (nSPS) is 11.5. The zero-order valence-corrected chi connectivity index (χ0v) is 17.6. The van der Waals surface area contributed by atoms with Crippen LogP contribution in [-0.2, 0) is 11.2 Å². The van der Waals surface area contributed by atoms with Crippen LogP contribution in [0, 0.1) is 0 Å². The fourth-order valence-electron chi connectivity index (χ4n) is 3.44. The van der Waals surface area contributed by atoms with E-state index < -0.39 is 0 Å². The number of nitrogens with one attached hydrogen (secondary N) is 2. The molecule has 6 heteroatoms. The van der Waals surface area contributed by atoms with Gasteiger partial charge in [-0.1, -0.05) is 18.2 Å². The SMILES string of the molecule is COc1ccc(C(=O)Nc2ccc(CC(C=O)Nc3ccc4cnccc4c3)cc2)cc1. The van der Waals surface area contributed by atoms with E-state index in [2.05, 4.69) is 15.6 Å². The number of carbonyl (C=O) groups excluding carboxylic acids is 2. The summed E-state index contributed by atoms with van der Waals surface area (Å²) >= 11 is 0. The predicted molar refractivity (Wildman–Crippen MR) is 126 cm³/mol. The quantitative estimate of drug-likeness (QED) is 0.400. The fourth-order valence-corrected chi connectivity index (χ4v) is 3.44. The molecule has 0 fully saturated rings. The molecule has 160 valence electrons. The van der Waals surface area contributed by atoms with E-state index in [0.29, 0.717) is 23.4 Å². The van der Waals surface area contributed by atoms with Crippen LogP contribution >= 0.6 is 0 Å². The second-order valence-corrected chi connectivity index (χ2v) is 7.41. The highest BCUT2D eigenvalue weighted by Crippen LogP contribution is 2.20. The molecule has 1 amide bonds. The molecule has 32 heavy (non-hydrogen) atoms. The average Bonchev–Trinajstić information content (AvgIpc) is 2.84. The van der Waals surface area contributed by atoms with Gasteiger partial charge in [-0.3, -0.25) is 9.78 Å². The highest BCUT2D eigenvalue weighted by atomic mass is 16.5. The molecule has 4 rings (SSSR count). The van der Waals surface area contributed by atoms with Gasteiger partial charge in [0.1, 0.15) is 12.0 Å². The van der Waals surface area contributed by atoms with Gasteiger partial charge >= 0.3 is 0 Å². The monoisotopic (exact) mass is 425 g/mol. The highest BCUT2D eigenvalue weighted by molar-refractivity contribution is 6.04. The molecule has 0 aliphatic carbocycles. The average molecular weight is 425 g/mol. The van der Waals surface area contributed by atoms with Crippen LogP contribution < -0.4 is 15.4 Å². The van der Waals surface area contributed by atoms with Crippen molar-refractivity contribution >= 4 is 34.3 Å². The largest absolute Gasteiger partial charge is 0.497 e. The molecule has 4 aromatic rings. The van der Waals surface area contributed by atoms with E-state index in [9.17, 15) is 9.59 Å². The van der Waals surface area contributed by atoms with Crippen molar-refractivity contribution in [3.8, 4) is 5.75 Å². The van der Waals surface area contributed by atoms with Crippen molar-refractivity contribution in [2.45, 2.75) is 12.5 Å². The zero-order chi connectivity index (χ0) is 22.3. The van der Waals surface area contributed by atoms with Gasteiger partial charge in [-0.2, -0.15) is 0 Å². The molecule has 1 aromatic heterocycles. The van der Waals surface area contributed by atoms with E-state index in [1.165, 1.54) is 0 Å². The molecule has 0 radical (unpaired) electrons. The van der Waals surface area contributed by atoms with Gasteiger partial charge in [0, 0.05) is 34.7 Å². The Bertz CT molecular complexity index is 1220. The molecule has 0 aliphatic rings. The minimum atomic E-state index is -0.367. The Morgan fingerprint density at radius 2 is 1.72 bits per heavy atom. The lowest BCUT2D eigenvalue weighted by molar-refractivity contribution is -0.108. The maximum absolute atomic E-state index is 12.4. The molecule has 1 unspecified atom stereocenters. The van der Waals surface area contributed by atoms with E-state index in [0.717, 1.165) is 28.3 Å². The summed E-state index contributed by atoms with van der Waals surface area (Å²) in [6, 6.07) is 21.9. The molecule has 0 aliphatic heterocycles. The number of pyridine rings is 1. The first-order chi connectivity index (χ1) is 15.6. The number of carbonyl (C=O) groups is 2. The van der Waals surface area contributed by atoms with Crippen molar-refractivity contribution in [2.24, 2.45) is 0 Å². The van der Waals surface area contributed by atoms with E-state index in [4.69, 9.17) is 4.74 Å². The molecule has 1 atom stereocenters. The maximum atomic E-state index is 12.4. The van der Waals surface area contributed by atoms with Crippen molar-refractivity contribution in [1.82, 2.24) is 4.98 Å². The Hall–Kier alpha value is -4.19. The number of aromatic nitrogens is 1. The smallest absolute Gasteiger partial charge is 0.255 e. The van der Waals surface area contributed by atoms with Gasteiger partial charge in [-0.25, -0.2) is 0 Å².